The lowest BCUT2D eigenvalue weighted by atomic mass is 9.79. The molecule has 5 heteroatoms. The van der Waals surface area contributed by atoms with E-state index in [0.29, 0.717) is 12.5 Å². The Morgan fingerprint density at radius 3 is 2.82 bits per heavy atom. The summed E-state index contributed by atoms with van der Waals surface area (Å²) in [4.78, 5) is 0. The summed E-state index contributed by atoms with van der Waals surface area (Å²) in [7, 11) is 0. The van der Waals surface area contributed by atoms with Gasteiger partial charge in [0.2, 0.25) is 5.88 Å². The molecule has 1 N–H and O–H groups in total. The Bertz CT molecular complexity index is 684. The zero-order valence-corrected chi connectivity index (χ0v) is 13.2. The molecule has 1 saturated carbocycles. The van der Waals surface area contributed by atoms with E-state index < -0.39 is 5.60 Å². The smallest absolute Gasteiger partial charge is 0.211 e. The summed E-state index contributed by atoms with van der Waals surface area (Å²) in [5, 5.41) is 19.6. The van der Waals surface area contributed by atoms with E-state index in [1.165, 1.54) is 6.42 Å². The first-order valence-electron chi connectivity index (χ1n) is 8.06. The zero-order valence-electron chi connectivity index (χ0n) is 13.2. The number of benzene rings is 1. The third-order valence-corrected chi connectivity index (χ3v) is 4.40. The number of aromatic nitrogens is 3. The molecule has 1 aromatic carbocycles. The van der Waals surface area contributed by atoms with E-state index >= 15 is 0 Å². The minimum absolute atomic E-state index is 0.563. The maximum atomic E-state index is 11.1. The van der Waals surface area contributed by atoms with Gasteiger partial charge in [0.05, 0.1) is 12.2 Å². The highest BCUT2D eigenvalue weighted by Gasteiger charge is 2.34. The van der Waals surface area contributed by atoms with E-state index in [1.54, 1.807) is 4.68 Å². The normalized spacial score (nSPS) is 18.6. The quantitative estimate of drug-likeness (QED) is 0.879. The molecule has 3 rings (SSSR count). The highest BCUT2D eigenvalue weighted by molar-refractivity contribution is 5.81. The third kappa shape index (κ3) is 2.50. The first kappa shape index (κ1) is 15.0. The molecule has 2 aromatic rings. The van der Waals surface area contributed by atoms with Gasteiger partial charge in [-0.05, 0) is 38.8 Å². The van der Waals surface area contributed by atoms with Gasteiger partial charge in [0.1, 0.15) is 11.0 Å². The number of hydrogen-bond donors (Lipinski definition) is 1. The Hall–Kier alpha value is -1.88. The van der Waals surface area contributed by atoms with Gasteiger partial charge in [0, 0.05) is 5.56 Å². The zero-order chi connectivity index (χ0) is 15.6. The summed E-state index contributed by atoms with van der Waals surface area (Å²) < 4.78 is 7.37. The van der Waals surface area contributed by atoms with Crippen molar-refractivity contribution in [1.82, 2.24) is 15.0 Å². The summed E-state index contributed by atoms with van der Waals surface area (Å²) >= 11 is 0. The maximum Gasteiger partial charge on any atom is 0.211 e. The Balaban J connectivity index is 2.16. The highest BCUT2D eigenvalue weighted by atomic mass is 16.5. The second-order valence-corrected chi connectivity index (χ2v) is 5.83. The Labute approximate surface area is 130 Å². The monoisotopic (exact) mass is 301 g/mol. The van der Waals surface area contributed by atoms with Crippen LogP contribution in [0.15, 0.2) is 24.3 Å². The topological polar surface area (TPSA) is 60.2 Å². The van der Waals surface area contributed by atoms with Crippen LogP contribution in [0.3, 0.4) is 0 Å². The molecule has 0 amide bonds. The number of para-hydroxylation sites is 1. The molecule has 1 aliphatic rings. The summed E-state index contributed by atoms with van der Waals surface area (Å²) in [6.07, 6.45) is 6.75. The van der Waals surface area contributed by atoms with Gasteiger partial charge in [0.15, 0.2) is 0 Å². The van der Waals surface area contributed by atoms with Crippen molar-refractivity contribution in [2.45, 2.75) is 51.6 Å². The van der Waals surface area contributed by atoms with Crippen molar-refractivity contribution >= 4 is 16.9 Å². The molecular weight excluding hydrogens is 278 g/mol. The van der Waals surface area contributed by atoms with Crippen LogP contribution in [0.1, 0.15) is 51.5 Å². The SMILES string of the molecule is C/C=C(\OCC)n1nnc2cccc(C3(O)CCCCC3)c21. The lowest BCUT2D eigenvalue weighted by Gasteiger charge is -2.33. The molecule has 1 fully saturated rings. The van der Waals surface area contributed by atoms with Crippen LogP contribution in [-0.4, -0.2) is 26.7 Å². The van der Waals surface area contributed by atoms with E-state index in [2.05, 4.69) is 10.3 Å². The molecule has 0 unspecified atom stereocenters. The van der Waals surface area contributed by atoms with Crippen molar-refractivity contribution in [2.75, 3.05) is 6.61 Å². The number of aliphatic hydroxyl groups is 1. The highest BCUT2D eigenvalue weighted by Crippen LogP contribution is 2.40. The summed E-state index contributed by atoms with van der Waals surface area (Å²) in [6, 6.07) is 5.86. The van der Waals surface area contributed by atoms with Crippen LogP contribution in [0.4, 0.5) is 0 Å². The minimum atomic E-state index is -0.789. The molecule has 1 heterocycles. The second kappa shape index (κ2) is 6.08. The van der Waals surface area contributed by atoms with Crippen molar-refractivity contribution in [3.63, 3.8) is 0 Å². The first-order chi connectivity index (χ1) is 10.7. The molecule has 0 aliphatic heterocycles. The third-order valence-electron chi connectivity index (χ3n) is 4.40. The largest absolute Gasteiger partial charge is 0.478 e. The Morgan fingerprint density at radius 1 is 1.36 bits per heavy atom. The molecule has 1 aliphatic carbocycles. The fourth-order valence-electron chi connectivity index (χ4n) is 3.32. The van der Waals surface area contributed by atoms with Gasteiger partial charge in [-0.1, -0.05) is 36.6 Å². The van der Waals surface area contributed by atoms with Gasteiger partial charge >= 0.3 is 0 Å². The van der Waals surface area contributed by atoms with Crippen LogP contribution < -0.4 is 0 Å². The first-order valence-corrected chi connectivity index (χ1v) is 8.06. The molecule has 0 radical (unpaired) electrons. The van der Waals surface area contributed by atoms with Gasteiger partial charge in [-0.3, -0.25) is 0 Å². The van der Waals surface area contributed by atoms with E-state index in [4.69, 9.17) is 4.74 Å². The van der Waals surface area contributed by atoms with Gasteiger partial charge in [-0.25, -0.2) is 0 Å². The summed E-state index contributed by atoms with van der Waals surface area (Å²) in [6.45, 7) is 4.42. The van der Waals surface area contributed by atoms with Gasteiger partial charge in [-0.2, -0.15) is 4.68 Å². The predicted octanol–water partition coefficient (Wildman–Crippen LogP) is 3.44. The second-order valence-electron chi connectivity index (χ2n) is 5.83. The van der Waals surface area contributed by atoms with Gasteiger partial charge in [0.25, 0.3) is 0 Å². The maximum absolute atomic E-state index is 11.1. The number of allylic oxidation sites excluding steroid dienone is 1. The molecule has 5 nitrogen and oxygen atoms in total. The Kier molecular flexibility index (Phi) is 4.16. The van der Waals surface area contributed by atoms with Crippen LogP contribution >= 0.6 is 0 Å². The molecule has 0 atom stereocenters. The summed E-state index contributed by atoms with van der Waals surface area (Å²) in [5.74, 6) is 0.650. The molecule has 0 saturated heterocycles. The van der Waals surface area contributed by atoms with Crippen LogP contribution in [0, 0.1) is 0 Å². The molecule has 0 spiro atoms. The van der Waals surface area contributed by atoms with Crippen LogP contribution in [0.25, 0.3) is 16.9 Å². The fourth-order valence-corrected chi connectivity index (χ4v) is 3.32. The molecular formula is C17H23N3O2. The Morgan fingerprint density at radius 2 is 2.14 bits per heavy atom. The van der Waals surface area contributed by atoms with Crippen molar-refractivity contribution in [3.8, 4) is 0 Å². The van der Waals surface area contributed by atoms with E-state index in [-0.39, 0.29) is 0 Å². The van der Waals surface area contributed by atoms with Crippen LogP contribution in [0.5, 0.6) is 0 Å². The van der Waals surface area contributed by atoms with Crippen LogP contribution in [-0.2, 0) is 10.3 Å². The van der Waals surface area contributed by atoms with E-state index in [9.17, 15) is 5.11 Å². The number of ether oxygens (including phenoxy) is 1. The van der Waals surface area contributed by atoms with Crippen molar-refractivity contribution in [3.05, 3.63) is 29.8 Å². The number of rotatable bonds is 4. The van der Waals surface area contributed by atoms with Crippen molar-refractivity contribution < 1.29 is 9.84 Å². The fraction of sp³-hybridized carbons (Fsp3) is 0.529. The van der Waals surface area contributed by atoms with Gasteiger partial charge in [-0.15, -0.1) is 5.10 Å². The number of hydrogen-bond acceptors (Lipinski definition) is 4. The lowest BCUT2D eigenvalue weighted by molar-refractivity contribution is 0.000478. The minimum Gasteiger partial charge on any atom is -0.478 e. The van der Waals surface area contributed by atoms with E-state index in [0.717, 1.165) is 42.3 Å². The predicted molar refractivity (Wildman–Crippen MR) is 86.1 cm³/mol. The van der Waals surface area contributed by atoms with Crippen molar-refractivity contribution in [2.24, 2.45) is 0 Å². The average Bonchev–Trinajstić information content (AvgIpc) is 2.97. The molecule has 1 aromatic heterocycles. The molecule has 118 valence electrons. The van der Waals surface area contributed by atoms with Crippen LogP contribution in [0.2, 0.25) is 0 Å². The van der Waals surface area contributed by atoms with E-state index in [1.807, 2.05) is 38.1 Å². The summed E-state index contributed by atoms with van der Waals surface area (Å²) in [5.41, 5.74) is 1.76. The van der Waals surface area contributed by atoms with Gasteiger partial charge < -0.3 is 9.84 Å². The lowest BCUT2D eigenvalue weighted by Crippen LogP contribution is -2.29. The number of fused-ring (bicyclic) bond motifs is 1. The number of nitrogens with zero attached hydrogens (tertiary/aromatic N) is 3. The molecule has 0 bridgehead atoms. The van der Waals surface area contributed by atoms with Crippen molar-refractivity contribution in [1.29, 1.82) is 0 Å². The standard InChI is InChI=1S/C17H23N3O2/c1-3-15(22-4-2)20-16-13(9-8-10-14(16)18-19-20)17(21)11-6-5-7-12-17/h3,8-10,21H,4-7,11-12H2,1-2H3/b15-3-. The average molecular weight is 301 g/mol. The molecule has 22 heavy (non-hydrogen) atoms.